The lowest BCUT2D eigenvalue weighted by Gasteiger charge is -2.15. The Labute approximate surface area is 209 Å². The molecular formula is C27H30N8O. The van der Waals surface area contributed by atoms with Crippen molar-refractivity contribution >= 4 is 28.4 Å². The number of anilines is 2. The Bertz CT molecular complexity index is 1420. The molecule has 1 aliphatic carbocycles. The molecule has 1 saturated heterocycles. The molecule has 1 aromatic carbocycles. The van der Waals surface area contributed by atoms with Crippen molar-refractivity contribution in [2.45, 2.75) is 51.6 Å². The van der Waals surface area contributed by atoms with Gasteiger partial charge in [-0.2, -0.15) is 0 Å². The molecule has 4 aromatic rings. The summed E-state index contributed by atoms with van der Waals surface area (Å²) in [5.74, 6) is 2.52. The van der Waals surface area contributed by atoms with Crippen molar-refractivity contribution in [2.75, 3.05) is 23.7 Å². The lowest BCUT2D eigenvalue weighted by molar-refractivity contribution is 0.0946. The summed E-state index contributed by atoms with van der Waals surface area (Å²) in [6.45, 7) is 5.11. The third-order valence-corrected chi connectivity index (χ3v) is 7.21. The SMILES string of the molecule is Cc1c(CNC(=O)c2cn(Cc3cnc(N4CCCC4)nc3)c(C3CC3)n2)ccc2c(N)nccc12. The zero-order valence-electron chi connectivity index (χ0n) is 20.4. The van der Waals surface area contributed by atoms with Gasteiger partial charge < -0.3 is 20.5 Å². The summed E-state index contributed by atoms with van der Waals surface area (Å²) in [5, 5.41) is 5.02. The number of amides is 1. The van der Waals surface area contributed by atoms with Gasteiger partial charge in [0, 0.05) is 61.3 Å². The highest BCUT2D eigenvalue weighted by Crippen LogP contribution is 2.39. The Morgan fingerprint density at radius 1 is 1.08 bits per heavy atom. The van der Waals surface area contributed by atoms with Crippen LogP contribution in [0.4, 0.5) is 11.8 Å². The van der Waals surface area contributed by atoms with E-state index in [2.05, 4.69) is 29.7 Å². The molecule has 0 radical (unpaired) electrons. The molecule has 0 unspecified atom stereocenters. The minimum Gasteiger partial charge on any atom is -0.383 e. The smallest absolute Gasteiger partial charge is 0.271 e. The summed E-state index contributed by atoms with van der Waals surface area (Å²) in [4.78, 5) is 33.3. The highest BCUT2D eigenvalue weighted by Gasteiger charge is 2.30. The number of nitrogens with zero attached hydrogens (tertiary/aromatic N) is 6. The number of benzene rings is 1. The lowest BCUT2D eigenvalue weighted by Crippen LogP contribution is -2.23. The van der Waals surface area contributed by atoms with Crippen LogP contribution in [0.2, 0.25) is 0 Å². The number of nitrogens with one attached hydrogen (secondary N) is 1. The largest absolute Gasteiger partial charge is 0.383 e. The number of nitrogens with two attached hydrogens (primary N) is 1. The maximum atomic E-state index is 13.1. The van der Waals surface area contributed by atoms with Crippen molar-refractivity contribution in [1.82, 2.24) is 29.8 Å². The van der Waals surface area contributed by atoms with Crippen LogP contribution < -0.4 is 16.0 Å². The van der Waals surface area contributed by atoms with Crippen molar-refractivity contribution in [1.29, 1.82) is 0 Å². The van der Waals surface area contributed by atoms with Gasteiger partial charge in [-0.25, -0.2) is 19.9 Å². The second-order valence-corrected chi connectivity index (χ2v) is 9.80. The van der Waals surface area contributed by atoms with Gasteiger partial charge in [-0.3, -0.25) is 4.79 Å². The standard InChI is InChI=1S/C27H30N8O/c1-17-20(6-7-22-21(17)8-9-29-24(22)28)14-30-26(36)23-16-35(25(33-23)19-4-5-19)15-18-12-31-27(32-13-18)34-10-2-3-11-34/h6-9,12-13,16,19H,2-5,10-11,14-15H2,1H3,(H2,28,29)(H,30,36). The fraction of sp³-hybridized carbons (Fsp3) is 0.370. The number of rotatable bonds is 7. The quantitative estimate of drug-likeness (QED) is 0.414. The maximum absolute atomic E-state index is 13.1. The highest BCUT2D eigenvalue weighted by atomic mass is 16.1. The first-order valence-corrected chi connectivity index (χ1v) is 12.6. The van der Waals surface area contributed by atoms with E-state index in [1.54, 1.807) is 6.20 Å². The molecule has 1 saturated carbocycles. The van der Waals surface area contributed by atoms with Crippen LogP contribution in [-0.4, -0.2) is 43.5 Å². The van der Waals surface area contributed by atoms with Gasteiger partial charge in [0.1, 0.15) is 17.3 Å². The van der Waals surface area contributed by atoms with Gasteiger partial charge in [-0.05, 0) is 55.2 Å². The summed E-state index contributed by atoms with van der Waals surface area (Å²) in [6.07, 6.45) is 12.0. The number of aryl methyl sites for hydroxylation is 1. The number of aromatic nitrogens is 5. The van der Waals surface area contributed by atoms with Crippen LogP contribution >= 0.6 is 0 Å². The minimum atomic E-state index is -0.176. The van der Waals surface area contributed by atoms with Crippen molar-refractivity contribution in [3.8, 4) is 0 Å². The van der Waals surface area contributed by atoms with Crippen molar-refractivity contribution in [3.63, 3.8) is 0 Å². The number of carbonyl (C=O) groups excluding carboxylic acids is 1. The van der Waals surface area contributed by atoms with Gasteiger partial charge in [-0.15, -0.1) is 0 Å². The summed E-state index contributed by atoms with van der Waals surface area (Å²) in [6, 6.07) is 5.91. The Morgan fingerprint density at radius 3 is 2.61 bits per heavy atom. The number of fused-ring (bicyclic) bond motifs is 1. The van der Waals surface area contributed by atoms with Gasteiger partial charge >= 0.3 is 0 Å². The minimum absolute atomic E-state index is 0.176. The second-order valence-electron chi connectivity index (χ2n) is 9.80. The first-order chi connectivity index (χ1) is 17.6. The van der Waals surface area contributed by atoms with Gasteiger partial charge in [-0.1, -0.05) is 12.1 Å². The molecule has 0 spiro atoms. The molecule has 9 nitrogen and oxygen atoms in total. The Hall–Kier alpha value is -4.01. The normalized spacial score (nSPS) is 15.5. The third-order valence-electron chi connectivity index (χ3n) is 7.21. The Balaban J connectivity index is 1.17. The van der Waals surface area contributed by atoms with Crippen LogP contribution in [0.3, 0.4) is 0 Å². The van der Waals surface area contributed by atoms with Crippen molar-refractivity contribution < 1.29 is 4.79 Å². The summed E-state index contributed by atoms with van der Waals surface area (Å²) in [7, 11) is 0. The van der Waals surface area contributed by atoms with Crippen LogP contribution in [0.1, 0.15) is 64.6 Å². The molecule has 6 rings (SSSR count). The molecule has 1 aliphatic heterocycles. The summed E-state index contributed by atoms with van der Waals surface area (Å²) < 4.78 is 2.08. The molecule has 36 heavy (non-hydrogen) atoms. The molecule has 2 fully saturated rings. The number of hydrogen-bond acceptors (Lipinski definition) is 7. The Kier molecular flexibility index (Phi) is 5.75. The summed E-state index contributed by atoms with van der Waals surface area (Å²) in [5.41, 5.74) is 9.58. The molecule has 0 bridgehead atoms. The molecule has 4 heterocycles. The first kappa shape index (κ1) is 22.5. The van der Waals surface area contributed by atoms with E-state index in [1.807, 2.05) is 43.7 Å². The molecule has 3 N–H and O–H groups in total. The predicted octanol–water partition coefficient (Wildman–Crippen LogP) is 3.57. The van der Waals surface area contributed by atoms with Gasteiger partial charge in [0.2, 0.25) is 5.95 Å². The predicted molar refractivity (Wildman–Crippen MR) is 139 cm³/mol. The molecule has 1 amide bonds. The van der Waals surface area contributed by atoms with Crippen LogP contribution in [0, 0.1) is 6.92 Å². The van der Waals surface area contributed by atoms with Crippen molar-refractivity contribution in [2.24, 2.45) is 0 Å². The Morgan fingerprint density at radius 2 is 1.86 bits per heavy atom. The highest BCUT2D eigenvalue weighted by molar-refractivity contribution is 5.94. The van der Waals surface area contributed by atoms with Gasteiger partial charge in [0.05, 0.1) is 6.54 Å². The van der Waals surface area contributed by atoms with E-state index < -0.39 is 0 Å². The van der Waals surface area contributed by atoms with E-state index in [-0.39, 0.29) is 5.91 Å². The fourth-order valence-electron chi connectivity index (χ4n) is 4.97. The van der Waals surface area contributed by atoms with E-state index >= 15 is 0 Å². The average molecular weight is 483 g/mol. The van der Waals surface area contributed by atoms with E-state index in [9.17, 15) is 4.79 Å². The molecule has 9 heteroatoms. The molecule has 0 atom stereocenters. The first-order valence-electron chi connectivity index (χ1n) is 12.6. The van der Waals surface area contributed by atoms with E-state index in [0.29, 0.717) is 30.5 Å². The van der Waals surface area contributed by atoms with Crippen molar-refractivity contribution in [3.05, 3.63) is 71.2 Å². The maximum Gasteiger partial charge on any atom is 0.271 e. The van der Waals surface area contributed by atoms with E-state index in [4.69, 9.17) is 10.7 Å². The fourth-order valence-corrected chi connectivity index (χ4v) is 4.97. The monoisotopic (exact) mass is 482 g/mol. The van der Waals surface area contributed by atoms with Crippen LogP contribution in [-0.2, 0) is 13.1 Å². The average Bonchev–Trinajstić information content (AvgIpc) is 3.41. The van der Waals surface area contributed by atoms with Crippen LogP contribution in [0.5, 0.6) is 0 Å². The zero-order chi connectivity index (χ0) is 24.6. The number of imidazole rings is 1. The topological polar surface area (TPSA) is 115 Å². The number of carbonyl (C=O) groups is 1. The van der Waals surface area contributed by atoms with Crippen LogP contribution in [0.15, 0.2) is 43.0 Å². The molecular weight excluding hydrogens is 452 g/mol. The lowest BCUT2D eigenvalue weighted by atomic mass is 10.0. The molecule has 2 aliphatic rings. The van der Waals surface area contributed by atoms with E-state index in [0.717, 1.165) is 65.2 Å². The zero-order valence-corrected chi connectivity index (χ0v) is 20.4. The van der Waals surface area contributed by atoms with E-state index in [1.165, 1.54) is 12.8 Å². The summed E-state index contributed by atoms with van der Waals surface area (Å²) >= 11 is 0. The second kappa shape index (κ2) is 9.22. The van der Waals surface area contributed by atoms with Gasteiger partial charge in [0.15, 0.2) is 0 Å². The third kappa shape index (κ3) is 4.36. The number of pyridine rings is 1. The number of hydrogen-bond donors (Lipinski definition) is 2. The molecule has 3 aromatic heterocycles. The van der Waals surface area contributed by atoms with Gasteiger partial charge in [0.25, 0.3) is 5.91 Å². The number of nitrogen functional groups attached to an aromatic ring is 1. The van der Waals surface area contributed by atoms with Crippen LogP contribution in [0.25, 0.3) is 10.8 Å². The molecule has 184 valence electrons.